The van der Waals surface area contributed by atoms with Crippen molar-refractivity contribution in [1.82, 2.24) is 19.9 Å². The van der Waals surface area contributed by atoms with E-state index < -0.39 is 0 Å². The van der Waals surface area contributed by atoms with Gasteiger partial charge in [-0.15, -0.1) is 0 Å². The van der Waals surface area contributed by atoms with Crippen LogP contribution in [0, 0.1) is 6.92 Å². The second-order valence-electron chi connectivity index (χ2n) is 7.83. The van der Waals surface area contributed by atoms with Crippen LogP contribution in [-0.4, -0.2) is 19.9 Å². The average molecular weight is 375 g/mol. The maximum absolute atomic E-state index is 4.75. The molecule has 0 fully saturated rings. The van der Waals surface area contributed by atoms with Crippen LogP contribution in [0.3, 0.4) is 0 Å². The van der Waals surface area contributed by atoms with Gasteiger partial charge in [-0.3, -0.25) is 0 Å². The molecule has 0 aliphatic heterocycles. The van der Waals surface area contributed by atoms with Gasteiger partial charge in [0.15, 0.2) is 0 Å². The summed E-state index contributed by atoms with van der Waals surface area (Å²) >= 11 is 0. The van der Waals surface area contributed by atoms with Crippen molar-refractivity contribution in [3.63, 3.8) is 0 Å². The van der Waals surface area contributed by atoms with Gasteiger partial charge >= 0.3 is 0 Å². The van der Waals surface area contributed by atoms with Crippen LogP contribution in [0.25, 0.3) is 22.1 Å². The molecule has 0 aliphatic carbocycles. The molecule has 4 heteroatoms. The van der Waals surface area contributed by atoms with Gasteiger partial charge in [0.1, 0.15) is 11.6 Å². The summed E-state index contributed by atoms with van der Waals surface area (Å²) in [5.74, 6) is 2.26. The first-order valence-electron chi connectivity index (χ1n) is 10.7. The van der Waals surface area contributed by atoms with Gasteiger partial charge in [-0.05, 0) is 43.5 Å². The minimum atomic E-state index is 1.06. The summed E-state index contributed by atoms with van der Waals surface area (Å²) in [6.07, 6.45) is 11.1. The van der Waals surface area contributed by atoms with E-state index in [4.69, 9.17) is 4.98 Å². The maximum atomic E-state index is 4.75. The normalized spacial score (nSPS) is 11.6. The Balaban J connectivity index is 1.08. The van der Waals surface area contributed by atoms with Crippen molar-refractivity contribution in [3.8, 4) is 0 Å². The SMILES string of the molecule is Cc1cccc2[nH]c(CCCCCCCCCc3nc4ccccc4[nH]3)nc12. The average Bonchev–Trinajstić information content (AvgIpc) is 3.30. The summed E-state index contributed by atoms with van der Waals surface area (Å²) in [5.41, 5.74) is 5.78. The minimum absolute atomic E-state index is 1.06. The Morgan fingerprint density at radius 2 is 1.25 bits per heavy atom. The van der Waals surface area contributed by atoms with Gasteiger partial charge in [-0.25, -0.2) is 9.97 Å². The van der Waals surface area contributed by atoms with Gasteiger partial charge in [-0.2, -0.15) is 0 Å². The second kappa shape index (κ2) is 9.05. The first-order valence-corrected chi connectivity index (χ1v) is 10.7. The summed E-state index contributed by atoms with van der Waals surface area (Å²) in [6, 6.07) is 14.6. The Morgan fingerprint density at radius 1 is 0.643 bits per heavy atom. The molecule has 0 bridgehead atoms. The fourth-order valence-electron chi connectivity index (χ4n) is 3.94. The Labute approximate surface area is 166 Å². The van der Waals surface area contributed by atoms with Gasteiger partial charge in [0.05, 0.1) is 22.1 Å². The van der Waals surface area contributed by atoms with E-state index in [0.717, 1.165) is 41.0 Å². The number of fused-ring (bicyclic) bond motifs is 2. The Morgan fingerprint density at radius 3 is 1.96 bits per heavy atom. The zero-order valence-corrected chi connectivity index (χ0v) is 16.8. The van der Waals surface area contributed by atoms with Crippen LogP contribution in [0.2, 0.25) is 0 Å². The molecule has 2 aromatic carbocycles. The number of imidazole rings is 2. The van der Waals surface area contributed by atoms with Crippen molar-refractivity contribution < 1.29 is 0 Å². The number of rotatable bonds is 10. The number of aromatic nitrogens is 4. The lowest BCUT2D eigenvalue weighted by Gasteiger charge is -2.01. The molecular weight excluding hydrogens is 344 g/mol. The molecule has 0 saturated carbocycles. The number of unbranched alkanes of at least 4 members (excludes halogenated alkanes) is 6. The predicted molar refractivity (Wildman–Crippen MR) is 117 cm³/mol. The van der Waals surface area contributed by atoms with Gasteiger partial charge in [0.2, 0.25) is 0 Å². The monoisotopic (exact) mass is 374 g/mol. The van der Waals surface area contributed by atoms with E-state index in [-0.39, 0.29) is 0 Å². The first kappa shape index (κ1) is 18.7. The number of para-hydroxylation sites is 3. The molecule has 0 amide bonds. The lowest BCUT2D eigenvalue weighted by molar-refractivity contribution is 0.573. The van der Waals surface area contributed by atoms with E-state index in [1.54, 1.807) is 0 Å². The molecular formula is C24H30N4. The number of aromatic amines is 2. The number of benzene rings is 2. The van der Waals surface area contributed by atoms with E-state index in [0.29, 0.717) is 0 Å². The number of nitrogens with zero attached hydrogens (tertiary/aromatic N) is 2. The molecule has 0 saturated heterocycles. The summed E-state index contributed by atoms with van der Waals surface area (Å²) < 4.78 is 0. The standard InChI is InChI=1S/C24H30N4/c1-18-12-11-15-21-24(18)28-23(27-21)17-8-6-4-2-3-5-7-16-22-25-19-13-9-10-14-20(19)26-22/h9-15H,2-8,16-17H2,1H3,(H,25,26)(H,27,28). The van der Waals surface area contributed by atoms with Crippen LogP contribution in [0.1, 0.15) is 62.2 Å². The minimum Gasteiger partial charge on any atom is -0.342 e. The third-order valence-corrected chi connectivity index (χ3v) is 5.53. The number of hydrogen-bond acceptors (Lipinski definition) is 2. The van der Waals surface area contributed by atoms with Crippen molar-refractivity contribution in [2.75, 3.05) is 0 Å². The number of H-pyrrole nitrogens is 2. The van der Waals surface area contributed by atoms with Crippen molar-refractivity contribution in [2.45, 2.75) is 64.7 Å². The quantitative estimate of drug-likeness (QED) is 0.322. The zero-order chi connectivity index (χ0) is 19.2. The largest absolute Gasteiger partial charge is 0.342 e. The third-order valence-electron chi connectivity index (χ3n) is 5.53. The highest BCUT2D eigenvalue weighted by atomic mass is 14.9. The second-order valence-corrected chi connectivity index (χ2v) is 7.83. The highest BCUT2D eigenvalue weighted by Crippen LogP contribution is 2.17. The first-order chi connectivity index (χ1) is 13.8. The highest BCUT2D eigenvalue weighted by Gasteiger charge is 2.05. The van der Waals surface area contributed by atoms with Crippen LogP contribution in [0.5, 0.6) is 0 Å². The van der Waals surface area contributed by atoms with Crippen molar-refractivity contribution in [3.05, 3.63) is 59.7 Å². The van der Waals surface area contributed by atoms with Crippen LogP contribution < -0.4 is 0 Å². The number of nitrogens with one attached hydrogen (secondary N) is 2. The summed E-state index contributed by atoms with van der Waals surface area (Å²) in [7, 11) is 0. The maximum Gasteiger partial charge on any atom is 0.107 e. The molecule has 0 radical (unpaired) electrons. The molecule has 0 aliphatic rings. The molecule has 0 unspecified atom stereocenters. The molecule has 2 aromatic heterocycles. The Bertz CT molecular complexity index is 994. The third kappa shape index (κ3) is 4.61. The summed E-state index contributed by atoms with van der Waals surface area (Å²) in [5, 5.41) is 0. The lowest BCUT2D eigenvalue weighted by atomic mass is 10.1. The fourth-order valence-corrected chi connectivity index (χ4v) is 3.94. The molecule has 2 N–H and O–H groups in total. The smallest absolute Gasteiger partial charge is 0.107 e. The molecule has 2 heterocycles. The highest BCUT2D eigenvalue weighted by molar-refractivity contribution is 5.78. The molecule has 4 nitrogen and oxygen atoms in total. The van der Waals surface area contributed by atoms with E-state index in [9.17, 15) is 0 Å². The van der Waals surface area contributed by atoms with Crippen molar-refractivity contribution in [1.29, 1.82) is 0 Å². The molecule has 0 spiro atoms. The van der Waals surface area contributed by atoms with Gasteiger partial charge in [0, 0.05) is 12.8 Å². The van der Waals surface area contributed by atoms with Gasteiger partial charge in [-0.1, -0.05) is 56.4 Å². The van der Waals surface area contributed by atoms with E-state index in [2.05, 4.69) is 58.3 Å². The van der Waals surface area contributed by atoms with E-state index in [1.165, 1.54) is 56.0 Å². The van der Waals surface area contributed by atoms with Crippen LogP contribution in [-0.2, 0) is 12.8 Å². The summed E-state index contributed by atoms with van der Waals surface area (Å²) in [4.78, 5) is 16.3. The molecule has 28 heavy (non-hydrogen) atoms. The molecule has 146 valence electrons. The summed E-state index contributed by atoms with van der Waals surface area (Å²) in [6.45, 7) is 2.13. The van der Waals surface area contributed by atoms with Crippen molar-refractivity contribution >= 4 is 22.1 Å². The molecule has 4 rings (SSSR count). The van der Waals surface area contributed by atoms with Gasteiger partial charge < -0.3 is 9.97 Å². The van der Waals surface area contributed by atoms with Crippen molar-refractivity contribution in [2.24, 2.45) is 0 Å². The van der Waals surface area contributed by atoms with E-state index in [1.807, 2.05) is 6.07 Å². The van der Waals surface area contributed by atoms with Crippen LogP contribution in [0.4, 0.5) is 0 Å². The van der Waals surface area contributed by atoms with Crippen LogP contribution >= 0.6 is 0 Å². The molecule has 4 aromatic rings. The zero-order valence-electron chi connectivity index (χ0n) is 16.8. The topological polar surface area (TPSA) is 57.4 Å². The fraction of sp³-hybridized carbons (Fsp3) is 0.417. The Kier molecular flexibility index (Phi) is 6.05. The van der Waals surface area contributed by atoms with Crippen LogP contribution in [0.15, 0.2) is 42.5 Å². The van der Waals surface area contributed by atoms with Gasteiger partial charge in [0.25, 0.3) is 0 Å². The number of hydrogen-bond donors (Lipinski definition) is 2. The number of aryl methyl sites for hydroxylation is 3. The van der Waals surface area contributed by atoms with E-state index >= 15 is 0 Å². The molecule has 0 atom stereocenters. The Hall–Kier alpha value is -2.62. The lowest BCUT2D eigenvalue weighted by Crippen LogP contribution is -1.90. The predicted octanol–water partition coefficient (Wildman–Crippen LogP) is 6.26.